The number of nitrogens with zero attached hydrogens (tertiary/aromatic N) is 1. The summed E-state index contributed by atoms with van der Waals surface area (Å²) in [7, 11) is 0. The van der Waals surface area contributed by atoms with Gasteiger partial charge >= 0.3 is 0 Å². The van der Waals surface area contributed by atoms with E-state index >= 15 is 0 Å². The maximum Gasteiger partial charge on any atom is 0.248 e. The van der Waals surface area contributed by atoms with Crippen molar-refractivity contribution in [2.24, 2.45) is 11.7 Å². The monoisotopic (exact) mass is 500 g/mol. The summed E-state index contributed by atoms with van der Waals surface area (Å²) in [4.78, 5) is 14.2. The second-order valence-corrected chi connectivity index (χ2v) is 9.91. The highest BCUT2D eigenvalue weighted by molar-refractivity contribution is 7.80. The van der Waals surface area contributed by atoms with Crippen molar-refractivity contribution >= 4 is 35.8 Å². The first kappa shape index (κ1) is 26.5. The van der Waals surface area contributed by atoms with Crippen LogP contribution in [0.3, 0.4) is 0 Å². The van der Waals surface area contributed by atoms with E-state index in [1.807, 2.05) is 30.3 Å². The number of benzene rings is 2. The van der Waals surface area contributed by atoms with Crippen molar-refractivity contribution in [3.8, 4) is 5.75 Å². The van der Waals surface area contributed by atoms with Crippen molar-refractivity contribution in [3.63, 3.8) is 0 Å². The number of thiol groups is 1. The van der Waals surface area contributed by atoms with Gasteiger partial charge in [-0.3, -0.25) is 4.79 Å². The number of unbranched alkanes of at least 4 members (excludes halogenated alkanes) is 3. The molecular weight excluding hydrogens is 464 g/mol. The van der Waals surface area contributed by atoms with E-state index in [1.165, 1.54) is 5.56 Å². The topological polar surface area (TPSA) is 55.6 Å². The zero-order valence-corrected chi connectivity index (χ0v) is 21.6. The number of fused-ring (bicyclic) bond motifs is 1. The second kappa shape index (κ2) is 14.3. The summed E-state index contributed by atoms with van der Waals surface area (Å²) >= 11 is 10.4. The lowest BCUT2D eigenvalue weighted by Crippen LogP contribution is -2.31. The predicted octanol–water partition coefficient (Wildman–Crippen LogP) is 6.71. The lowest BCUT2D eigenvalue weighted by Gasteiger charge is -2.27. The van der Waals surface area contributed by atoms with Crippen LogP contribution in [0.1, 0.15) is 60.9 Å². The Labute approximate surface area is 214 Å². The molecule has 34 heavy (non-hydrogen) atoms. The van der Waals surface area contributed by atoms with Crippen molar-refractivity contribution in [3.05, 3.63) is 70.8 Å². The van der Waals surface area contributed by atoms with Crippen LogP contribution < -0.4 is 15.4 Å². The number of allylic oxidation sites excluding steroid dienone is 2. The van der Waals surface area contributed by atoms with E-state index in [4.69, 9.17) is 22.1 Å². The molecular formula is C28H37ClN2O2S. The summed E-state index contributed by atoms with van der Waals surface area (Å²) in [6.45, 7) is 2.54. The highest BCUT2D eigenvalue weighted by Crippen LogP contribution is 2.34. The van der Waals surface area contributed by atoms with E-state index in [-0.39, 0.29) is 0 Å². The molecule has 0 aromatic heterocycles. The molecule has 1 amide bonds. The molecule has 1 atom stereocenters. The molecule has 184 valence electrons. The molecule has 2 N–H and O–H groups in total. The van der Waals surface area contributed by atoms with Crippen molar-refractivity contribution < 1.29 is 9.53 Å². The number of hydrogen-bond donors (Lipinski definition) is 2. The van der Waals surface area contributed by atoms with Gasteiger partial charge in [-0.25, -0.2) is 0 Å². The summed E-state index contributed by atoms with van der Waals surface area (Å²) < 4.78 is 6.20. The van der Waals surface area contributed by atoms with Crippen LogP contribution >= 0.6 is 24.2 Å². The number of aryl methyl sites for hydroxylation is 1. The normalized spacial score (nSPS) is 15.7. The smallest absolute Gasteiger partial charge is 0.248 e. The molecule has 1 aliphatic heterocycles. The molecule has 0 fully saturated rings. The number of amides is 1. The van der Waals surface area contributed by atoms with Gasteiger partial charge in [0.25, 0.3) is 0 Å². The average Bonchev–Trinajstić information content (AvgIpc) is 3.00. The standard InChI is InChI=1S/C28H37ClN2O2S/c29-25-13-9-11-22(18-25)10-8-12-23-20-31(16-6-4-2-1-3-5-7-17-34)26-19-24(28(30)32)14-15-27(26)33-21-23/h1,3,9,11,13-15,18-19,23,34H,2,4-8,10,12,16-17,20-21H2,(H2,30,32)/b3-1+. The highest BCUT2D eigenvalue weighted by Gasteiger charge is 2.23. The van der Waals surface area contributed by atoms with Crippen molar-refractivity contribution in [2.45, 2.75) is 51.4 Å². The Morgan fingerprint density at radius 3 is 2.71 bits per heavy atom. The molecule has 0 radical (unpaired) electrons. The Morgan fingerprint density at radius 2 is 1.94 bits per heavy atom. The quantitative estimate of drug-likeness (QED) is 0.182. The van der Waals surface area contributed by atoms with Crippen molar-refractivity contribution in [1.82, 2.24) is 0 Å². The minimum atomic E-state index is -0.406. The van der Waals surface area contributed by atoms with Crippen LogP contribution in [0.4, 0.5) is 5.69 Å². The third-order valence-electron chi connectivity index (χ3n) is 6.25. The number of nitrogens with two attached hydrogens (primary N) is 1. The Morgan fingerprint density at radius 1 is 1.12 bits per heavy atom. The van der Waals surface area contributed by atoms with Crippen LogP contribution in [0.15, 0.2) is 54.6 Å². The van der Waals surface area contributed by atoms with E-state index in [2.05, 4.69) is 35.7 Å². The number of anilines is 1. The summed E-state index contributed by atoms with van der Waals surface area (Å²) in [5.41, 5.74) is 8.34. The van der Waals surface area contributed by atoms with Gasteiger partial charge in [0.1, 0.15) is 5.75 Å². The highest BCUT2D eigenvalue weighted by atomic mass is 35.5. The molecule has 0 saturated carbocycles. The third kappa shape index (κ3) is 8.59. The number of primary amides is 1. The zero-order valence-electron chi connectivity index (χ0n) is 19.9. The van der Waals surface area contributed by atoms with Gasteiger partial charge < -0.3 is 15.4 Å². The molecule has 1 aliphatic rings. The van der Waals surface area contributed by atoms with Crippen LogP contribution in [0.25, 0.3) is 0 Å². The van der Waals surface area contributed by atoms with Gasteiger partial charge in [-0.05, 0) is 93.0 Å². The first-order valence-corrected chi connectivity index (χ1v) is 13.4. The predicted molar refractivity (Wildman–Crippen MR) is 147 cm³/mol. The maximum absolute atomic E-state index is 11.8. The fourth-order valence-electron chi connectivity index (χ4n) is 4.39. The van der Waals surface area contributed by atoms with E-state index in [9.17, 15) is 4.79 Å². The molecule has 1 unspecified atom stereocenters. The number of hydrogen-bond acceptors (Lipinski definition) is 4. The molecule has 0 bridgehead atoms. The number of carbonyl (C=O) groups is 1. The van der Waals surface area contributed by atoms with Crippen LogP contribution in [0, 0.1) is 5.92 Å². The fourth-order valence-corrected chi connectivity index (χ4v) is 4.79. The van der Waals surface area contributed by atoms with E-state index in [0.29, 0.717) is 18.1 Å². The van der Waals surface area contributed by atoms with E-state index in [1.54, 1.807) is 6.07 Å². The SMILES string of the molecule is NC(=O)c1ccc2c(c1)N(CCCC/C=C/CCCS)CC(CCCc1cccc(Cl)c1)CO2. The minimum absolute atomic E-state index is 0.406. The summed E-state index contributed by atoms with van der Waals surface area (Å²) in [5.74, 6) is 1.80. The maximum atomic E-state index is 11.8. The van der Waals surface area contributed by atoms with Gasteiger partial charge in [0.2, 0.25) is 5.91 Å². The Bertz CT molecular complexity index is 950. The lowest BCUT2D eigenvalue weighted by atomic mass is 9.99. The number of rotatable bonds is 13. The molecule has 0 spiro atoms. The van der Waals surface area contributed by atoms with Crippen LogP contribution in [0.2, 0.25) is 5.02 Å². The van der Waals surface area contributed by atoms with Crippen molar-refractivity contribution in [1.29, 1.82) is 0 Å². The van der Waals surface area contributed by atoms with Gasteiger partial charge in [0, 0.05) is 29.6 Å². The van der Waals surface area contributed by atoms with Crippen molar-refractivity contribution in [2.75, 3.05) is 30.3 Å². The average molecular weight is 501 g/mol. The summed E-state index contributed by atoms with van der Waals surface area (Å²) in [6.07, 6.45) is 13.3. The van der Waals surface area contributed by atoms with E-state index in [0.717, 1.165) is 86.7 Å². The van der Waals surface area contributed by atoms with Gasteiger partial charge in [-0.1, -0.05) is 35.9 Å². The van der Waals surface area contributed by atoms with Gasteiger partial charge in [0.05, 0.1) is 12.3 Å². The number of carbonyl (C=O) groups excluding carboxylic acids is 1. The summed E-state index contributed by atoms with van der Waals surface area (Å²) in [5, 5.41) is 0.790. The zero-order chi connectivity index (χ0) is 24.2. The Hall–Kier alpha value is -2.11. The lowest BCUT2D eigenvalue weighted by molar-refractivity contribution is 0.100. The molecule has 2 aromatic rings. The van der Waals surface area contributed by atoms with Crippen LogP contribution in [0.5, 0.6) is 5.75 Å². The first-order chi connectivity index (χ1) is 16.6. The third-order valence-corrected chi connectivity index (χ3v) is 6.80. The second-order valence-electron chi connectivity index (χ2n) is 9.02. The van der Waals surface area contributed by atoms with Gasteiger partial charge in [0.15, 0.2) is 0 Å². The Kier molecular flexibility index (Phi) is 11.2. The number of ether oxygens (including phenoxy) is 1. The summed E-state index contributed by atoms with van der Waals surface area (Å²) in [6, 6.07) is 13.6. The molecule has 6 heteroatoms. The molecule has 0 aliphatic carbocycles. The van der Waals surface area contributed by atoms with Crippen LogP contribution in [-0.2, 0) is 6.42 Å². The fraction of sp³-hybridized carbons (Fsp3) is 0.464. The van der Waals surface area contributed by atoms with Gasteiger partial charge in [-0.2, -0.15) is 12.6 Å². The number of halogens is 1. The molecule has 2 aromatic carbocycles. The molecule has 4 nitrogen and oxygen atoms in total. The molecule has 0 saturated heterocycles. The van der Waals surface area contributed by atoms with Gasteiger partial charge in [-0.15, -0.1) is 0 Å². The minimum Gasteiger partial charge on any atom is -0.491 e. The largest absolute Gasteiger partial charge is 0.491 e. The Balaban J connectivity index is 1.59. The van der Waals surface area contributed by atoms with E-state index < -0.39 is 5.91 Å². The molecule has 1 heterocycles. The molecule has 3 rings (SSSR count). The van der Waals surface area contributed by atoms with Crippen LogP contribution in [-0.4, -0.2) is 31.4 Å². The first-order valence-electron chi connectivity index (χ1n) is 12.4.